The third kappa shape index (κ3) is 6.96. The summed E-state index contributed by atoms with van der Waals surface area (Å²) in [7, 11) is 3.45. The van der Waals surface area contributed by atoms with E-state index in [1.54, 1.807) is 14.2 Å². The Balaban J connectivity index is 1.48. The SMILES string of the molecule is COCCN(CC1CCN(Cc2ccccc2OC)CC1)C(=O)CN1CCCCC1. The summed E-state index contributed by atoms with van der Waals surface area (Å²) in [6.07, 6.45) is 6.00. The minimum absolute atomic E-state index is 0.269. The quantitative estimate of drug-likeness (QED) is 0.586. The van der Waals surface area contributed by atoms with Crippen molar-refractivity contribution in [1.82, 2.24) is 14.7 Å². The van der Waals surface area contributed by atoms with Crippen LogP contribution in [0.15, 0.2) is 24.3 Å². The van der Waals surface area contributed by atoms with Gasteiger partial charge in [-0.15, -0.1) is 0 Å². The van der Waals surface area contributed by atoms with Gasteiger partial charge in [-0.2, -0.15) is 0 Å². The standard InChI is InChI=1S/C24H39N3O3/c1-29-17-16-27(24(28)20-25-12-6-3-7-13-25)18-21-10-14-26(15-11-21)19-22-8-4-5-9-23(22)30-2/h4-5,8-9,21H,3,6-7,10-20H2,1-2H3. The number of rotatable bonds is 10. The van der Waals surface area contributed by atoms with Crippen molar-refractivity contribution >= 4 is 5.91 Å². The highest BCUT2D eigenvalue weighted by atomic mass is 16.5. The van der Waals surface area contributed by atoms with Crippen molar-refractivity contribution in [2.24, 2.45) is 5.92 Å². The molecule has 0 atom stereocenters. The maximum absolute atomic E-state index is 13.0. The van der Waals surface area contributed by atoms with Crippen molar-refractivity contribution in [3.05, 3.63) is 29.8 Å². The topological polar surface area (TPSA) is 45.3 Å². The normalized spacial score (nSPS) is 19.0. The van der Waals surface area contributed by atoms with Gasteiger partial charge in [0, 0.05) is 32.3 Å². The van der Waals surface area contributed by atoms with Gasteiger partial charge in [-0.1, -0.05) is 24.6 Å². The fourth-order valence-corrected chi connectivity index (χ4v) is 4.64. The molecule has 0 unspecified atom stereocenters. The number of methoxy groups -OCH3 is 2. The van der Waals surface area contributed by atoms with Crippen LogP contribution in [0.3, 0.4) is 0 Å². The van der Waals surface area contributed by atoms with Gasteiger partial charge in [-0.25, -0.2) is 0 Å². The molecular formula is C24H39N3O3. The highest BCUT2D eigenvalue weighted by Crippen LogP contribution is 2.24. The molecule has 0 aliphatic carbocycles. The summed E-state index contributed by atoms with van der Waals surface area (Å²) in [4.78, 5) is 19.8. The lowest BCUT2D eigenvalue weighted by Crippen LogP contribution is -2.46. The van der Waals surface area contributed by atoms with Crippen molar-refractivity contribution in [2.75, 3.05) is 66.6 Å². The van der Waals surface area contributed by atoms with Gasteiger partial charge in [0.1, 0.15) is 5.75 Å². The van der Waals surface area contributed by atoms with Crippen LogP contribution < -0.4 is 4.74 Å². The van der Waals surface area contributed by atoms with Gasteiger partial charge in [0.25, 0.3) is 0 Å². The van der Waals surface area contributed by atoms with Crippen LogP contribution in [-0.4, -0.2) is 87.2 Å². The lowest BCUT2D eigenvalue weighted by Gasteiger charge is -2.36. The van der Waals surface area contributed by atoms with E-state index in [9.17, 15) is 4.79 Å². The molecule has 2 aliphatic rings. The first-order valence-electron chi connectivity index (χ1n) is 11.5. The van der Waals surface area contributed by atoms with E-state index in [4.69, 9.17) is 9.47 Å². The van der Waals surface area contributed by atoms with E-state index < -0.39 is 0 Å². The Kier molecular flexibility index (Phi) is 9.43. The number of ether oxygens (including phenoxy) is 2. The lowest BCUT2D eigenvalue weighted by atomic mass is 9.95. The van der Waals surface area contributed by atoms with Gasteiger partial charge in [0.2, 0.25) is 5.91 Å². The first kappa shape index (κ1) is 23.0. The van der Waals surface area contributed by atoms with Crippen molar-refractivity contribution in [1.29, 1.82) is 0 Å². The predicted molar refractivity (Wildman–Crippen MR) is 120 cm³/mol. The van der Waals surface area contributed by atoms with Gasteiger partial charge in [0.15, 0.2) is 0 Å². The fourth-order valence-electron chi connectivity index (χ4n) is 4.64. The van der Waals surface area contributed by atoms with Crippen molar-refractivity contribution in [2.45, 2.75) is 38.6 Å². The average Bonchev–Trinajstić information content (AvgIpc) is 2.78. The smallest absolute Gasteiger partial charge is 0.236 e. The van der Waals surface area contributed by atoms with E-state index in [0.29, 0.717) is 25.6 Å². The molecule has 168 valence electrons. The average molecular weight is 418 g/mol. The summed E-state index contributed by atoms with van der Waals surface area (Å²) in [5.74, 6) is 1.81. The summed E-state index contributed by atoms with van der Waals surface area (Å²) in [5.41, 5.74) is 1.25. The van der Waals surface area contributed by atoms with Crippen molar-refractivity contribution in [3.63, 3.8) is 0 Å². The number of piperidine rings is 2. The van der Waals surface area contributed by atoms with Crippen LogP contribution in [0.2, 0.25) is 0 Å². The summed E-state index contributed by atoms with van der Waals surface area (Å²) in [6, 6.07) is 8.27. The molecule has 0 N–H and O–H groups in total. The summed E-state index contributed by atoms with van der Waals surface area (Å²) < 4.78 is 10.8. The summed E-state index contributed by atoms with van der Waals surface area (Å²) >= 11 is 0. The Morgan fingerprint density at radius 2 is 1.77 bits per heavy atom. The Bertz CT molecular complexity index is 640. The van der Waals surface area contributed by atoms with Gasteiger partial charge < -0.3 is 14.4 Å². The zero-order valence-electron chi connectivity index (χ0n) is 18.9. The van der Waals surface area contributed by atoms with E-state index >= 15 is 0 Å². The van der Waals surface area contributed by atoms with Crippen LogP contribution in [0.5, 0.6) is 5.75 Å². The molecule has 0 bridgehead atoms. The highest BCUT2D eigenvalue weighted by Gasteiger charge is 2.25. The second-order valence-corrected chi connectivity index (χ2v) is 8.70. The monoisotopic (exact) mass is 417 g/mol. The van der Waals surface area contributed by atoms with Crippen LogP contribution in [-0.2, 0) is 16.1 Å². The van der Waals surface area contributed by atoms with Gasteiger partial charge in [-0.05, 0) is 63.8 Å². The molecule has 0 radical (unpaired) electrons. The second-order valence-electron chi connectivity index (χ2n) is 8.70. The molecule has 0 saturated carbocycles. The molecule has 3 rings (SSSR count). The number of amides is 1. The predicted octanol–water partition coefficient (Wildman–Crippen LogP) is 2.87. The zero-order chi connectivity index (χ0) is 21.2. The van der Waals surface area contributed by atoms with Crippen LogP contribution in [0.25, 0.3) is 0 Å². The largest absolute Gasteiger partial charge is 0.496 e. The molecule has 30 heavy (non-hydrogen) atoms. The van der Waals surface area contributed by atoms with Crippen LogP contribution in [0.4, 0.5) is 0 Å². The van der Waals surface area contributed by atoms with Crippen molar-refractivity contribution < 1.29 is 14.3 Å². The molecule has 2 saturated heterocycles. The molecular weight excluding hydrogens is 378 g/mol. The number of benzene rings is 1. The number of hydrogen-bond acceptors (Lipinski definition) is 5. The van der Waals surface area contributed by atoms with E-state index in [1.807, 2.05) is 12.1 Å². The van der Waals surface area contributed by atoms with Gasteiger partial charge in [-0.3, -0.25) is 14.6 Å². The molecule has 0 spiro atoms. The number of para-hydroxylation sites is 1. The minimum Gasteiger partial charge on any atom is -0.496 e. The highest BCUT2D eigenvalue weighted by molar-refractivity contribution is 5.78. The first-order chi connectivity index (χ1) is 14.7. The van der Waals surface area contributed by atoms with Crippen molar-refractivity contribution in [3.8, 4) is 5.75 Å². The van der Waals surface area contributed by atoms with Gasteiger partial charge in [0.05, 0.1) is 20.3 Å². The molecule has 2 aliphatic heterocycles. The molecule has 1 aromatic rings. The fraction of sp³-hybridized carbons (Fsp3) is 0.708. The summed E-state index contributed by atoms with van der Waals surface area (Å²) in [5, 5.41) is 0. The number of nitrogens with zero attached hydrogens (tertiary/aromatic N) is 3. The minimum atomic E-state index is 0.269. The molecule has 6 heteroatoms. The number of carbonyl (C=O) groups excluding carboxylic acids is 1. The van der Waals surface area contributed by atoms with Crippen LogP contribution in [0.1, 0.15) is 37.7 Å². The molecule has 0 aromatic heterocycles. The van der Waals surface area contributed by atoms with E-state index in [0.717, 1.165) is 57.9 Å². The van der Waals surface area contributed by atoms with Crippen LogP contribution >= 0.6 is 0 Å². The molecule has 2 fully saturated rings. The van der Waals surface area contributed by atoms with Crippen LogP contribution in [0, 0.1) is 5.92 Å². The Morgan fingerprint density at radius 1 is 1.03 bits per heavy atom. The van der Waals surface area contributed by atoms with E-state index in [-0.39, 0.29) is 5.91 Å². The van der Waals surface area contributed by atoms with E-state index in [1.165, 1.54) is 24.8 Å². The Hall–Kier alpha value is -1.63. The third-order valence-electron chi connectivity index (χ3n) is 6.50. The van der Waals surface area contributed by atoms with E-state index in [2.05, 4.69) is 26.8 Å². The Morgan fingerprint density at radius 3 is 2.47 bits per heavy atom. The molecule has 1 aromatic carbocycles. The number of hydrogen-bond donors (Lipinski definition) is 0. The lowest BCUT2D eigenvalue weighted by molar-refractivity contribution is -0.134. The Labute approximate surface area is 182 Å². The van der Waals surface area contributed by atoms with Gasteiger partial charge >= 0.3 is 0 Å². The summed E-state index contributed by atoms with van der Waals surface area (Å²) in [6.45, 7) is 7.93. The molecule has 2 heterocycles. The first-order valence-corrected chi connectivity index (χ1v) is 11.5. The third-order valence-corrected chi connectivity index (χ3v) is 6.50. The zero-order valence-corrected chi connectivity index (χ0v) is 18.9. The maximum Gasteiger partial charge on any atom is 0.236 e. The molecule has 1 amide bonds. The molecule has 6 nitrogen and oxygen atoms in total. The second kappa shape index (κ2) is 12.3. The maximum atomic E-state index is 13.0. The number of carbonyl (C=O) groups is 1. The number of likely N-dealkylation sites (tertiary alicyclic amines) is 2.